The summed E-state index contributed by atoms with van der Waals surface area (Å²) in [6.07, 6.45) is 1.23. The number of furan rings is 1. The van der Waals surface area contributed by atoms with Gasteiger partial charge in [0.15, 0.2) is 0 Å². The average molecular weight is 498 g/mol. The normalized spacial score (nSPS) is 12.1. The molecule has 0 unspecified atom stereocenters. The molecular formula is C29H21FNO6-. The lowest BCUT2D eigenvalue weighted by Crippen LogP contribution is -2.49. The Kier molecular flexibility index (Phi) is 6.31. The number of aliphatic carboxylic acids is 1. The Morgan fingerprint density at radius 1 is 1.00 bits per heavy atom. The highest BCUT2D eigenvalue weighted by atomic mass is 19.1. The van der Waals surface area contributed by atoms with E-state index < -0.39 is 23.5 Å². The number of fused-ring (bicyclic) bond motifs is 2. The van der Waals surface area contributed by atoms with Crippen LogP contribution in [0.4, 0.5) is 4.39 Å². The molecule has 1 amide bonds. The summed E-state index contributed by atoms with van der Waals surface area (Å²) in [6, 6.07) is 17.0. The predicted molar refractivity (Wildman–Crippen MR) is 133 cm³/mol. The van der Waals surface area contributed by atoms with Crippen LogP contribution in [0.15, 0.2) is 86.6 Å². The van der Waals surface area contributed by atoms with E-state index in [4.69, 9.17) is 8.83 Å². The summed E-state index contributed by atoms with van der Waals surface area (Å²) < 4.78 is 24.5. The van der Waals surface area contributed by atoms with Gasteiger partial charge >= 0.3 is 5.63 Å². The van der Waals surface area contributed by atoms with Gasteiger partial charge in [0.05, 0.1) is 30.3 Å². The van der Waals surface area contributed by atoms with Crippen molar-refractivity contribution in [2.24, 2.45) is 0 Å². The van der Waals surface area contributed by atoms with E-state index in [-0.39, 0.29) is 29.8 Å². The lowest BCUT2D eigenvalue weighted by atomic mass is 9.99. The maximum absolute atomic E-state index is 13.4. The van der Waals surface area contributed by atoms with Crippen LogP contribution in [0.1, 0.15) is 16.7 Å². The molecule has 8 heteroatoms. The second kappa shape index (κ2) is 9.73. The first-order valence-corrected chi connectivity index (χ1v) is 11.6. The topological polar surface area (TPSA) is 113 Å². The average Bonchev–Trinajstić information content (AvgIpc) is 3.29. The van der Waals surface area contributed by atoms with Crippen molar-refractivity contribution in [2.45, 2.75) is 25.8 Å². The second-order valence-corrected chi connectivity index (χ2v) is 8.80. The summed E-state index contributed by atoms with van der Waals surface area (Å²) in [4.78, 5) is 37.2. The molecule has 0 saturated heterocycles. The number of carboxylic acid groups (broad SMARTS) is 1. The maximum Gasteiger partial charge on any atom is 0.340 e. The van der Waals surface area contributed by atoms with Gasteiger partial charge in [-0.15, -0.1) is 0 Å². The van der Waals surface area contributed by atoms with E-state index in [0.29, 0.717) is 16.5 Å². The Morgan fingerprint density at radius 2 is 1.73 bits per heavy atom. The zero-order valence-electron chi connectivity index (χ0n) is 19.7. The van der Waals surface area contributed by atoms with E-state index in [1.165, 1.54) is 12.1 Å². The molecule has 5 aromatic rings. The van der Waals surface area contributed by atoms with Crippen LogP contribution in [0.2, 0.25) is 0 Å². The summed E-state index contributed by atoms with van der Waals surface area (Å²) in [5.74, 6) is -2.42. The SMILES string of the molecule is Cc1c(CC(=O)N[C@@H](Cc2ccccc2)C(=O)[O-])c(=O)oc2cc3occ(-c4ccc(F)cc4)c3cc12. The van der Waals surface area contributed by atoms with Crippen molar-refractivity contribution in [1.82, 2.24) is 5.32 Å². The van der Waals surface area contributed by atoms with Gasteiger partial charge in [-0.2, -0.15) is 0 Å². The van der Waals surface area contributed by atoms with Crippen molar-refractivity contribution in [1.29, 1.82) is 0 Å². The van der Waals surface area contributed by atoms with E-state index in [2.05, 4.69) is 5.32 Å². The smallest absolute Gasteiger partial charge is 0.340 e. The summed E-state index contributed by atoms with van der Waals surface area (Å²) >= 11 is 0. The fraction of sp³-hybridized carbons (Fsp3) is 0.138. The minimum atomic E-state index is -1.42. The number of amides is 1. The third-order valence-corrected chi connectivity index (χ3v) is 6.38. The van der Waals surface area contributed by atoms with Crippen LogP contribution >= 0.6 is 0 Å². The third kappa shape index (κ3) is 4.86. The molecule has 2 aromatic heterocycles. The van der Waals surface area contributed by atoms with Crippen molar-refractivity contribution in [2.75, 3.05) is 0 Å². The van der Waals surface area contributed by atoms with E-state index in [0.717, 1.165) is 22.1 Å². The Labute approximate surface area is 210 Å². The van der Waals surface area contributed by atoms with E-state index >= 15 is 0 Å². The number of nitrogens with one attached hydrogen (secondary N) is 1. The molecule has 0 bridgehead atoms. The number of rotatable bonds is 7. The van der Waals surface area contributed by atoms with Gasteiger partial charge in [0.2, 0.25) is 5.91 Å². The van der Waals surface area contributed by atoms with Crippen molar-refractivity contribution in [3.8, 4) is 11.1 Å². The number of halogens is 1. The number of hydrogen-bond donors (Lipinski definition) is 1. The molecule has 0 aliphatic heterocycles. The van der Waals surface area contributed by atoms with Crippen LogP contribution in [0.25, 0.3) is 33.1 Å². The zero-order chi connectivity index (χ0) is 26.1. The summed E-state index contributed by atoms with van der Waals surface area (Å²) in [5, 5.41) is 15.4. The summed E-state index contributed by atoms with van der Waals surface area (Å²) in [6.45, 7) is 1.70. The molecule has 37 heavy (non-hydrogen) atoms. The molecule has 0 spiro atoms. The number of aryl methyl sites for hydroxylation is 1. The molecule has 3 aromatic carbocycles. The van der Waals surface area contributed by atoms with Crippen LogP contribution in [0.3, 0.4) is 0 Å². The van der Waals surface area contributed by atoms with Gasteiger partial charge in [0, 0.05) is 22.4 Å². The Bertz CT molecular complexity index is 1690. The van der Waals surface area contributed by atoms with Crippen molar-refractivity contribution >= 4 is 33.8 Å². The number of carboxylic acids is 1. The van der Waals surface area contributed by atoms with Crippen molar-refractivity contribution in [3.05, 3.63) is 106 Å². The molecule has 0 saturated carbocycles. The maximum atomic E-state index is 13.4. The molecule has 5 rings (SSSR count). The fourth-order valence-corrected chi connectivity index (χ4v) is 4.42. The zero-order valence-corrected chi connectivity index (χ0v) is 19.7. The number of carbonyl (C=O) groups excluding carboxylic acids is 2. The third-order valence-electron chi connectivity index (χ3n) is 6.38. The van der Waals surface area contributed by atoms with Gasteiger partial charge in [-0.1, -0.05) is 42.5 Å². The first kappa shape index (κ1) is 24.0. The predicted octanol–water partition coefficient (Wildman–Crippen LogP) is 3.67. The minimum absolute atomic E-state index is 0.0465. The monoisotopic (exact) mass is 498 g/mol. The molecule has 0 aliphatic rings. The molecule has 186 valence electrons. The van der Waals surface area contributed by atoms with Crippen LogP contribution in [-0.4, -0.2) is 17.9 Å². The molecular weight excluding hydrogens is 477 g/mol. The molecule has 1 N–H and O–H groups in total. The number of hydrogen-bond acceptors (Lipinski definition) is 6. The largest absolute Gasteiger partial charge is 0.548 e. The highest BCUT2D eigenvalue weighted by Crippen LogP contribution is 2.34. The van der Waals surface area contributed by atoms with Gasteiger partial charge in [-0.05, 0) is 48.2 Å². The minimum Gasteiger partial charge on any atom is -0.548 e. The summed E-state index contributed by atoms with van der Waals surface area (Å²) in [7, 11) is 0. The van der Waals surface area contributed by atoms with Crippen LogP contribution < -0.4 is 16.0 Å². The first-order valence-electron chi connectivity index (χ1n) is 11.6. The van der Waals surface area contributed by atoms with Crippen LogP contribution in [0, 0.1) is 12.7 Å². The van der Waals surface area contributed by atoms with Crippen molar-refractivity contribution in [3.63, 3.8) is 0 Å². The summed E-state index contributed by atoms with van der Waals surface area (Å²) in [5.41, 5.74) is 2.93. The van der Waals surface area contributed by atoms with Gasteiger partial charge in [0.1, 0.15) is 17.0 Å². The first-order chi connectivity index (χ1) is 17.8. The standard InChI is InChI=1S/C29H22FNO6/c1-16-20-12-22-23(18-7-9-19(30)10-8-18)15-36-25(22)14-26(20)37-29(35)21(16)13-27(32)31-24(28(33)34)11-17-5-3-2-4-6-17/h2-10,12,14-15,24H,11,13H2,1H3,(H,31,32)(H,33,34)/p-1/t24-/m0/s1. The Hall–Kier alpha value is -4.72. The van der Waals surface area contributed by atoms with Gasteiger partial charge in [-0.3, -0.25) is 4.79 Å². The van der Waals surface area contributed by atoms with Crippen LogP contribution in [-0.2, 0) is 22.4 Å². The highest BCUT2D eigenvalue weighted by Gasteiger charge is 2.20. The van der Waals surface area contributed by atoms with E-state index in [1.807, 2.05) is 0 Å². The Morgan fingerprint density at radius 3 is 2.43 bits per heavy atom. The van der Waals surface area contributed by atoms with E-state index in [1.54, 1.807) is 67.8 Å². The molecule has 0 aliphatic carbocycles. The molecule has 0 fully saturated rings. The van der Waals surface area contributed by atoms with Crippen molar-refractivity contribution < 1.29 is 27.9 Å². The van der Waals surface area contributed by atoms with Crippen LogP contribution in [0.5, 0.6) is 0 Å². The second-order valence-electron chi connectivity index (χ2n) is 8.80. The number of carbonyl (C=O) groups is 2. The Balaban J connectivity index is 1.46. The molecule has 7 nitrogen and oxygen atoms in total. The van der Waals surface area contributed by atoms with Gasteiger partial charge < -0.3 is 24.1 Å². The lowest BCUT2D eigenvalue weighted by Gasteiger charge is -2.20. The number of benzene rings is 3. The van der Waals surface area contributed by atoms with Gasteiger partial charge in [-0.25, -0.2) is 9.18 Å². The fourth-order valence-electron chi connectivity index (χ4n) is 4.42. The molecule has 2 heterocycles. The quantitative estimate of drug-likeness (QED) is 0.343. The molecule has 0 radical (unpaired) electrons. The molecule has 1 atom stereocenters. The van der Waals surface area contributed by atoms with Gasteiger partial charge in [0.25, 0.3) is 0 Å². The highest BCUT2D eigenvalue weighted by molar-refractivity contribution is 6.02. The lowest BCUT2D eigenvalue weighted by molar-refractivity contribution is -0.308. The van der Waals surface area contributed by atoms with E-state index in [9.17, 15) is 23.9 Å².